The van der Waals surface area contributed by atoms with Crippen LogP contribution in [0.1, 0.15) is 25.0 Å². The van der Waals surface area contributed by atoms with Crippen molar-refractivity contribution in [3.05, 3.63) is 68.6 Å². The topological polar surface area (TPSA) is 125 Å². The van der Waals surface area contributed by atoms with E-state index in [1.54, 1.807) is 6.92 Å². The molecule has 11 heteroatoms. The smallest absolute Gasteiger partial charge is 0.329 e. The van der Waals surface area contributed by atoms with Gasteiger partial charge in [-0.3, -0.25) is 24.6 Å². The van der Waals surface area contributed by atoms with Crippen LogP contribution in [0.4, 0.5) is 10.5 Å². The third kappa shape index (κ3) is 5.37. The quantitative estimate of drug-likeness (QED) is 0.222. The number of esters is 1. The Bertz CT molecular complexity index is 1150. The van der Waals surface area contributed by atoms with Crippen molar-refractivity contribution in [3.63, 3.8) is 0 Å². The average molecular weight is 487 g/mol. The lowest BCUT2D eigenvalue weighted by Gasteiger charge is -2.19. The fourth-order valence-corrected chi connectivity index (χ4v) is 4.07. The van der Waals surface area contributed by atoms with Crippen LogP contribution in [-0.2, 0) is 20.9 Å². The van der Waals surface area contributed by atoms with Gasteiger partial charge in [-0.2, -0.15) is 0 Å². The van der Waals surface area contributed by atoms with Crippen molar-refractivity contribution in [2.45, 2.75) is 26.5 Å². The fourth-order valence-electron chi connectivity index (χ4n) is 3.17. The summed E-state index contributed by atoms with van der Waals surface area (Å²) in [6.07, 6.45) is 1.23. The first kappa shape index (κ1) is 24.8. The lowest BCUT2D eigenvalue weighted by atomic mass is 10.1. The number of benzene rings is 2. The summed E-state index contributed by atoms with van der Waals surface area (Å²) in [4.78, 5) is 49.0. The Kier molecular flexibility index (Phi) is 7.90. The number of amides is 2. The molecule has 1 saturated heterocycles. The van der Waals surface area contributed by atoms with Gasteiger partial charge in [-0.05, 0) is 43.3 Å². The third-order valence-corrected chi connectivity index (χ3v) is 5.76. The van der Waals surface area contributed by atoms with Gasteiger partial charge in [0.2, 0.25) is 0 Å². The molecule has 0 aromatic heterocycles. The minimum atomic E-state index is -1.13. The molecule has 1 aliphatic rings. The van der Waals surface area contributed by atoms with E-state index in [1.165, 1.54) is 32.2 Å². The predicted octanol–water partition coefficient (Wildman–Crippen LogP) is 4.17. The normalized spacial score (nSPS) is 15.4. The first-order chi connectivity index (χ1) is 16.3. The second-order valence-electron chi connectivity index (χ2n) is 7.07. The minimum absolute atomic E-state index is 0.0446. The zero-order chi connectivity index (χ0) is 24.8. The van der Waals surface area contributed by atoms with E-state index in [0.29, 0.717) is 11.8 Å². The van der Waals surface area contributed by atoms with Crippen LogP contribution in [0, 0.1) is 10.1 Å². The van der Waals surface area contributed by atoms with E-state index in [-0.39, 0.29) is 40.9 Å². The molecule has 0 N–H and O–H groups in total. The van der Waals surface area contributed by atoms with Crippen LogP contribution >= 0.6 is 11.8 Å². The molecule has 0 radical (unpaired) electrons. The number of thioether (sulfide) groups is 1. The van der Waals surface area contributed by atoms with E-state index in [0.717, 1.165) is 10.5 Å². The van der Waals surface area contributed by atoms with Gasteiger partial charge in [0.15, 0.2) is 11.5 Å². The van der Waals surface area contributed by atoms with Crippen LogP contribution in [0.5, 0.6) is 11.5 Å². The van der Waals surface area contributed by atoms with Gasteiger partial charge in [0.05, 0.1) is 35.2 Å². The summed E-state index contributed by atoms with van der Waals surface area (Å²) in [5, 5.41) is 11.1. The van der Waals surface area contributed by atoms with E-state index >= 15 is 0 Å². The first-order valence-corrected chi connectivity index (χ1v) is 11.0. The van der Waals surface area contributed by atoms with Gasteiger partial charge in [0.1, 0.15) is 12.6 Å². The van der Waals surface area contributed by atoms with Crippen LogP contribution < -0.4 is 9.47 Å². The number of imide groups is 1. The van der Waals surface area contributed by atoms with Gasteiger partial charge in [-0.25, -0.2) is 4.79 Å². The minimum Gasteiger partial charge on any atom is -0.493 e. The molecule has 0 saturated carbocycles. The van der Waals surface area contributed by atoms with Crippen molar-refractivity contribution in [1.29, 1.82) is 0 Å². The molecule has 3 rings (SSSR count). The summed E-state index contributed by atoms with van der Waals surface area (Å²) in [7, 11) is 1.38. The summed E-state index contributed by atoms with van der Waals surface area (Å²) in [5.74, 6) is -1.10. The molecule has 1 fully saturated rings. The lowest BCUT2D eigenvalue weighted by molar-refractivity contribution is -0.385. The molecule has 10 nitrogen and oxygen atoms in total. The second-order valence-corrected chi connectivity index (χ2v) is 8.07. The molecule has 178 valence electrons. The largest absolute Gasteiger partial charge is 0.493 e. The van der Waals surface area contributed by atoms with E-state index in [1.807, 2.05) is 30.3 Å². The number of nitro benzene ring substituents is 1. The maximum atomic E-state index is 12.8. The number of hydrogen-bond acceptors (Lipinski definition) is 9. The highest BCUT2D eigenvalue weighted by molar-refractivity contribution is 8.18. The van der Waals surface area contributed by atoms with Crippen molar-refractivity contribution in [2.24, 2.45) is 0 Å². The van der Waals surface area contributed by atoms with Crippen molar-refractivity contribution in [1.82, 2.24) is 4.90 Å². The van der Waals surface area contributed by atoms with E-state index in [4.69, 9.17) is 14.2 Å². The molecular formula is C23H22N2O8S. The molecule has 2 aromatic carbocycles. The highest BCUT2D eigenvalue weighted by Gasteiger charge is 2.41. The molecule has 34 heavy (non-hydrogen) atoms. The summed E-state index contributed by atoms with van der Waals surface area (Å²) < 4.78 is 15.9. The van der Waals surface area contributed by atoms with Crippen molar-refractivity contribution >= 4 is 40.6 Å². The Morgan fingerprint density at radius 1 is 1.21 bits per heavy atom. The molecule has 1 atom stereocenters. The van der Waals surface area contributed by atoms with Crippen LogP contribution in [-0.4, -0.2) is 46.7 Å². The number of rotatable bonds is 9. The number of nitrogens with zero attached hydrogens (tertiary/aromatic N) is 2. The van der Waals surface area contributed by atoms with Gasteiger partial charge in [-0.1, -0.05) is 30.3 Å². The second kappa shape index (κ2) is 10.8. The first-order valence-electron chi connectivity index (χ1n) is 10.2. The molecule has 0 spiro atoms. The summed E-state index contributed by atoms with van der Waals surface area (Å²) >= 11 is 0.582. The van der Waals surface area contributed by atoms with Gasteiger partial charge >= 0.3 is 5.97 Å². The zero-order valence-corrected chi connectivity index (χ0v) is 19.5. The summed E-state index contributed by atoms with van der Waals surface area (Å²) in [6.45, 7) is 3.25. The van der Waals surface area contributed by atoms with Gasteiger partial charge in [0, 0.05) is 0 Å². The molecule has 1 aliphatic heterocycles. The van der Waals surface area contributed by atoms with E-state index in [9.17, 15) is 24.5 Å². The van der Waals surface area contributed by atoms with E-state index < -0.39 is 28.1 Å². The van der Waals surface area contributed by atoms with Crippen molar-refractivity contribution in [2.75, 3.05) is 13.7 Å². The van der Waals surface area contributed by atoms with E-state index in [2.05, 4.69) is 0 Å². The Morgan fingerprint density at radius 2 is 1.91 bits per heavy atom. The van der Waals surface area contributed by atoms with Crippen LogP contribution in [0.2, 0.25) is 0 Å². The predicted molar refractivity (Wildman–Crippen MR) is 124 cm³/mol. The zero-order valence-electron chi connectivity index (χ0n) is 18.7. The molecule has 0 unspecified atom stereocenters. The van der Waals surface area contributed by atoms with Crippen molar-refractivity contribution < 1.29 is 33.5 Å². The molecule has 2 aromatic rings. The van der Waals surface area contributed by atoms with Crippen LogP contribution in [0.15, 0.2) is 47.4 Å². The monoisotopic (exact) mass is 486 g/mol. The van der Waals surface area contributed by atoms with Gasteiger partial charge in [-0.15, -0.1) is 0 Å². The summed E-state index contributed by atoms with van der Waals surface area (Å²) in [6, 6.07) is 10.7. The maximum absolute atomic E-state index is 12.8. The number of nitro groups is 1. The number of carbonyl (C=O) groups excluding carboxylic acids is 3. The number of methoxy groups -OCH3 is 1. The lowest BCUT2D eigenvalue weighted by Crippen LogP contribution is -2.42. The third-order valence-electron chi connectivity index (χ3n) is 4.87. The Hall–Kier alpha value is -3.86. The number of hydrogen-bond donors (Lipinski definition) is 0. The highest BCUT2D eigenvalue weighted by atomic mass is 32.2. The maximum Gasteiger partial charge on any atom is 0.329 e. The SMILES string of the molecule is CCOC(=O)[C@H](C)N1C(=O)S/C(=C/c2cc(OC)c(OCc3ccccc3)cc2[N+](=O)[O-])C1=O. The number of carbonyl (C=O) groups is 3. The molecule has 0 bridgehead atoms. The van der Waals surface area contributed by atoms with Gasteiger partial charge < -0.3 is 14.2 Å². The standard InChI is InChI=1S/C23H22N2O8S/c1-4-32-22(27)14(2)24-21(26)20(34-23(24)28)11-16-10-18(31-3)19(12-17(16)25(29)30)33-13-15-8-6-5-7-9-15/h5-12,14H,4,13H2,1-3H3/b20-11+/t14-/m0/s1. The Morgan fingerprint density at radius 3 is 2.53 bits per heavy atom. The molecular weight excluding hydrogens is 464 g/mol. The highest BCUT2D eigenvalue weighted by Crippen LogP contribution is 2.39. The average Bonchev–Trinajstić information content (AvgIpc) is 3.10. The van der Waals surface area contributed by atoms with Crippen molar-refractivity contribution in [3.8, 4) is 11.5 Å². The van der Waals surface area contributed by atoms with Crippen LogP contribution in [0.3, 0.4) is 0 Å². The molecule has 2 amide bonds. The fraction of sp³-hybridized carbons (Fsp3) is 0.261. The number of ether oxygens (including phenoxy) is 3. The molecule has 0 aliphatic carbocycles. The Balaban J connectivity index is 1.93. The van der Waals surface area contributed by atoms with Gasteiger partial charge in [0.25, 0.3) is 16.8 Å². The molecule has 1 heterocycles. The van der Waals surface area contributed by atoms with Crippen LogP contribution in [0.25, 0.3) is 6.08 Å². The summed E-state index contributed by atoms with van der Waals surface area (Å²) in [5.41, 5.74) is 0.568. The Labute approximate surface area is 199 Å².